The van der Waals surface area contributed by atoms with E-state index in [2.05, 4.69) is 43.4 Å². The van der Waals surface area contributed by atoms with Crippen molar-refractivity contribution >= 4 is 0 Å². The lowest BCUT2D eigenvalue weighted by Crippen LogP contribution is -2.24. The molecule has 1 fully saturated rings. The van der Waals surface area contributed by atoms with Gasteiger partial charge in [0.2, 0.25) is 0 Å². The van der Waals surface area contributed by atoms with Crippen LogP contribution in [0.3, 0.4) is 0 Å². The Labute approximate surface area is 123 Å². The van der Waals surface area contributed by atoms with Gasteiger partial charge < -0.3 is 10.1 Å². The molecule has 0 radical (unpaired) electrons. The van der Waals surface area contributed by atoms with E-state index in [0.717, 1.165) is 18.1 Å². The Bertz CT molecular complexity index is 387. The highest BCUT2D eigenvalue weighted by Crippen LogP contribution is 2.27. The van der Waals surface area contributed by atoms with E-state index in [0.29, 0.717) is 12.1 Å². The van der Waals surface area contributed by atoms with Gasteiger partial charge in [-0.1, -0.05) is 25.5 Å². The topological polar surface area (TPSA) is 21.3 Å². The molecule has 2 rings (SSSR count). The van der Waals surface area contributed by atoms with Crippen molar-refractivity contribution < 1.29 is 4.74 Å². The Morgan fingerprint density at radius 2 is 2.00 bits per heavy atom. The molecule has 1 N–H and O–H groups in total. The third kappa shape index (κ3) is 4.82. The summed E-state index contributed by atoms with van der Waals surface area (Å²) in [6, 6.07) is 9.28. The smallest absolute Gasteiger partial charge is 0.119 e. The summed E-state index contributed by atoms with van der Waals surface area (Å²) < 4.78 is 6.12. The van der Waals surface area contributed by atoms with E-state index in [4.69, 9.17) is 4.74 Å². The largest absolute Gasteiger partial charge is 0.490 e. The molecule has 1 aliphatic carbocycles. The number of hydrogen-bond acceptors (Lipinski definition) is 2. The van der Waals surface area contributed by atoms with Crippen LogP contribution < -0.4 is 10.1 Å². The predicted octanol–water partition coefficient (Wildman–Crippen LogP) is 4.18. The molecule has 3 unspecified atom stereocenters. The Kier molecular flexibility index (Phi) is 5.90. The van der Waals surface area contributed by atoms with Crippen LogP contribution in [0.2, 0.25) is 0 Å². The van der Waals surface area contributed by atoms with Gasteiger partial charge in [-0.2, -0.15) is 0 Å². The molecule has 1 aromatic carbocycles. The van der Waals surface area contributed by atoms with E-state index >= 15 is 0 Å². The highest BCUT2D eigenvalue weighted by molar-refractivity contribution is 5.27. The van der Waals surface area contributed by atoms with Crippen LogP contribution in [0.25, 0.3) is 0 Å². The second-order valence-electron chi connectivity index (χ2n) is 6.38. The van der Waals surface area contributed by atoms with Gasteiger partial charge in [0, 0.05) is 6.04 Å². The summed E-state index contributed by atoms with van der Waals surface area (Å²) in [6.07, 6.45) is 7.83. The van der Waals surface area contributed by atoms with E-state index < -0.39 is 0 Å². The Balaban J connectivity index is 1.81. The standard InChI is InChI=1S/C18H29NO/c1-14-5-4-6-18(13-14)20-17-11-9-16(10-12-17)8-7-15(2)19-3/h9-12,14-15,18-19H,4-8,13H2,1-3H3. The van der Waals surface area contributed by atoms with Crippen LogP contribution in [-0.2, 0) is 6.42 Å². The SMILES string of the molecule is CNC(C)CCc1ccc(OC2CCCC(C)C2)cc1. The fraction of sp³-hybridized carbons (Fsp3) is 0.667. The number of benzene rings is 1. The second-order valence-corrected chi connectivity index (χ2v) is 6.38. The van der Waals surface area contributed by atoms with Crippen molar-refractivity contribution in [3.63, 3.8) is 0 Å². The van der Waals surface area contributed by atoms with Crippen LogP contribution in [0.1, 0.15) is 51.5 Å². The van der Waals surface area contributed by atoms with Crippen molar-refractivity contribution in [3.05, 3.63) is 29.8 Å². The van der Waals surface area contributed by atoms with E-state index in [9.17, 15) is 0 Å². The van der Waals surface area contributed by atoms with Crippen LogP contribution in [0.15, 0.2) is 24.3 Å². The van der Waals surface area contributed by atoms with Gasteiger partial charge in [0.05, 0.1) is 6.10 Å². The molecule has 3 atom stereocenters. The summed E-state index contributed by atoms with van der Waals surface area (Å²) in [6.45, 7) is 4.56. The van der Waals surface area contributed by atoms with Crippen LogP contribution in [0, 0.1) is 5.92 Å². The molecule has 0 aromatic heterocycles. The van der Waals surface area contributed by atoms with E-state index in [1.807, 2.05) is 7.05 Å². The lowest BCUT2D eigenvalue weighted by Gasteiger charge is -2.27. The lowest BCUT2D eigenvalue weighted by molar-refractivity contribution is 0.129. The monoisotopic (exact) mass is 275 g/mol. The molecule has 112 valence electrons. The minimum absolute atomic E-state index is 0.425. The molecule has 0 spiro atoms. The third-order valence-corrected chi connectivity index (χ3v) is 4.47. The van der Waals surface area contributed by atoms with Gasteiger partial charge in [-0.05, 0) is 69.7 Å². The first kappa shape index (κ1) is 15.4. The molecule has 1 aliphatic rings. The second kappa shape index (κ2) is 7.68. The van der Waals surface area contributed by atoms with Gasteiger partial charge in [0.25, 0.3) is 0 Å². The summed E-state index contributed by atoms with van der Waals surface area (Å²) >= 11 is 0. The first-order valence-electron chi connectivity index (χ1n) is 8.10. The first-order valence-corrected chi connectivity index (χ1v) is 8.10. The zero-order chi connectivity index (χ0) is 14.4. The molecule has 0 aliphatic heterocycles. The Morgan fingerprint density at radius 3 is 2.65 bits per heavy atom. The molecule has 0 bridgehead atoms. The highest BCUT2D eigenvalue weighted by Gasteiger charge is 2.20. The van der Waals surface area contributed by atoms with Gasteiger partial charge in [0.15, 0.2) is 0 Å². The molecule has 0 amide bonds. The quantitative estimate of drug-likeness (QED) is 0.840. The minimum Gasteiger partial charge on any atom is -0.490 e. The summed E-state index contributed by atoms with van der Waals surface area (Å²) in [5.74, 6) is 1.85. The number of rotatable bonds is 6. The summed E-state index contributed by atoms with van der Waals surface area (Å²) in [5.41, 5.74) is 1.40. The average Bonchev–Trinajstić information content (AvgIpc) is 2.46. The van der Waals surface area contributed by atoms with Crippen molar-refractivity contribution in [3.8, 4) is 5.75 Å². The fourth-order valence-corrected chi connectivity index (χ4v) is 2.94. The molecule has 0 saturated heterocycles. The van der Waals surface area contributed by atoms with Gasteiger partial charge >= 0.3 is 0 Å². The van der Waals surface area contributed by atoms with Crippen molar-refractivity contribution in [2.75, 3.05) is 7.05 Å². The molecule has 1 saturated carbocycles. The molecule has 1 aromatic rings. The average molecular weight is 275 g/mol. The van der Waals surface area contributed by atoms with Gasteiger partial charge in [-0.25, -0.2) is 0 Å². The number of ether oxygens (including phenoxy) is 1. The number of aryl methyl sites for hydroxylation is 1. The first-order chi connectivity index (χ1) is 9.67. The molecular formula is C18H29NO. The third-order valence-electron chi connectivity index (χ3n) is 4.47. The molecule has 0 heterocycles. The minimum atomic E-state index is 0.425. The van der Waals surface area contributed by atoms with Crippen molar-refractivity contribution in [1.82, 2.24) is 5.32 Å². The lowest BCUT2D eigenvalue weighted by atomic mass is 9.89. The normalized spacial score (nSPS) is 24.4. The summed E-state index contributed by atoms with van der Waals surface area (Å²) in [4.78, 5) is 0. The molecular weight excluding hydrogens is 246 g/mol. The zero-order valence-corrected chi connectivity index (χ0v) is 13.2. The van der Waals surface area contributed by atoms with Gasteiger partial charge in [0.1, 0.15) is 5.75 Å². The van der Waals surface area contributed by atoms with Crippen LogP contribution in [0.5, 0.6) is 5.75 Å². The molecule has 2 heteroatoms. The number of nitrogens with one attached hydrogen (secondary N) is 1. The van der Waals surface area contributed by atoms with Crippen molar-refractivity contribution in [2.45, 2.75) is 64.5 Å². The van der Waals surface area contributed by atoms with E-state index in [-0.39, 0.29) is 0 Å². The maximum Gasteiger partial charge on any atom is 0.119 e. The summed E-state index contributed by atoms with van der Waals surface area (Å²) in [5, 5.41) is 3.28. The Hall–Kier alpha value is -1.02. The fourth-order valence-electron chi connectivity index (χ4n) is 2.94. The van der Waals surface area contributed by atoms with Gasteiger partial charge in [-0.15, -0.1) is 0 Å². The van der Waals surface area contributed by atoms with Crippen LogP contribution >= 0.6 is 0 Å². The maximum atomic E-state index is 6.12. The predicted molar refractivity (Wildman–Crippen MR) is 85.3 cm³/mol. The van der Waals surface area contributed by atoms with Crippen LogP contribution in [-0.4, -0.2) is 19.2 Å². The summed E-state index contributed by atoms with van der Waals surface area (Å²) in [7, 11) is 2.02. The molecule has 2 nitrogen and oxygen atoms in total. The van der Waals surface area contributed by atoms with Crippen molar-refractivity contribution in [2.24, 2.45) is 5.92 Å². The Morgan fingerprint density at radius 1 is 1.25 bits per heavy atom. The van der Waals surface area contributed by atoms with Crippen molar-refractivity contribution in [1.29, 1.82) is 0 Å². The maximum absolute atomic E-state index is 6.12. The van der Waals surface area contributed by atoms with Gasteiger partial charge in [-0.3, -0.25) is 0 Å². The van der Waals surface area contributed by atoms with E-state index in [1.165, 1.54) is 37.7 Å². The van der Waals surface area contributed by atoms with E-state index in [1.54, 1.807) is 0 Å². The van der Waals surface area contributed by atoms with Crippen LogP contribution in [0.4, 0.5) is 0 Å². The highest BCUT2D eigenvalue weighted by atomic mass is 16.5. The number of hydrogen-bond donors (Lipinski definition) is 1. The molecule has 20 heavy (non-hydrogen) atoms. The zero-order valence-electron chi connectivity index (χ0n) is 13.2.